The van der Waals surface area contributed by atoms with Gasteiger partial charge in [0.2, 0.25) is 0 Å². The molecule has 1 aliphatic rings. The van der Waals surface area contributed by atoms with E-state index in [0.29, 0.717) is 54.9 Å². The molecule has 1 aliphatic heterocycles. The molecular formula is C36H36N2O5. The molecule has 4 aromatic carbocycles. The monoisotopic (exact) mass is 576 g/mol. The van der Waals surface area contributed by atoms with Crippen molar-refractivity contribution in [3.05, 3.63) is 125 Å². The van der Waals surface area contributed by atoms with E-state index in [1.54, 1.807) is 17.0 Å². The van der Waals surface area contributed by atoms with Crippen molar-refractivity contribution in [3.63, 3.8) is 0 Å². The van der Waals surface area contributed by atoms with Crippen molar-refractivity contribution in [2.75, 3.05) is 26.2 Å². The standard InChI is InChI=1S/C36H36N2O5/c1-2-43-29-13-9-10-26(24-29)18-21-37(23-20-34(39)40)35(41)32-16-7-5-14-30(32)31-15-6-8-17-33(31)36(42)38-22-19-27-11-3-4-12-28(27)25-38/h3-17,24H,2,18-23,25H2,1H3,(H,39,40). The van der Waals surface area contributed by atoms with Gasteiger partial charge < -0.3 is 19.6 Å². The van der Waals surface area contributed by atoms with Crippen molar-refractivity contribution in [3.8, 4) is 16.9 Å². The van der Waals surface area contributed by atoms with Crippen LogP contribution in [-0.2, 0) is 24.2 Å². The van der Waals surface area contributed by atoms with Crippen LogP contribution in [0.25, 0.3) is 11.1 Å². The Balaban J connectivity index is 1.42. The Labute approximate surface area is 252 Å². The third kappa shape index (κ3) is 7.12. The molecule has 0 radical (unpaired) electrons. The van der Waals surface area contributed by atoms with Crippen molar-refractivity contribution in [2.45, 2.75) is 32.7 Å². The van der Waals surface area contributed by atoms with E-state index >= 15 is 0 Å². The summed E-state index contributed by atoms with van der Waals surface area (Å²) in [5, 5.41) is 9.41. The second kappa shape index (κ2) is 13.8. The van der Waals surface area contributed by atoms with Gasteiger partial charge in [-0.1, -0.05) is 72.8 Å². The topological polar surface area (TPSA) is 87.1 Å². The van der Waals surface area contributed by atoms with Gasteiger partial charge in [0.25, 0.3) is 11.8 Å². The number of ether oxygens (including phenoxy) is 1. The Morgan fingerprint density at radius 1 is 0.814 bits per heavy atom. The van der Waals surface area contributed by atoms with Crippen LogP contribution >= 0.6 is 0 Å². The Bertz CT molecular complexity index is 1610. The number of carbonyl (C=O) groups is 3. The van der Waals surface area contributed by atoms with Gasteiger partial charge in [-0.15, -0.1) is 0 Å². The molecule has 0 atom stereocenters. The minimum absolute atomic E-state index is 0.0708. The van der Waals surface area contributed by atoms with Gasteiger partial charge in [0.05, 0.1) is 13.0 Å². The summed E-state index contributed by atoms with van der Waals surface area (Å²) in [5.74, 6) is -0.563. The molecule has 7 heteroatoms. The summed E-state index contributed by atoms with van der Waals surface area (Å²) < 4.78 is 5.62. The second-order valence-electron chi connectivity index (χ2n) is 10.6. The van der Waals surface area contributed by atoms with Crippen LogP contribution in [0, 0.1) is 0 Å². The molecule has 7 nitrogen and oxygen atoms in total. The largest absolute Gasteiger partial charge is 0.494 e. The maximum atomic E-state index is 14.1. The first-order valence-electron chi connectivity index (χ1n) is 14.7. The third-order valence-corrected chi connectivity index (χ3v) is 7.79. The van der Waals surface area contributed by atoms with Crippen LogP contribution in [0.5, 0.6) is 5.75 Å². The highest BCUT2D eigenvalue weighted by molar-refractivity contribution is 6.06. The normalized spacial score (nSPS) is 12.3. The molecule has 43 heavy (non-hydrogen) atoms. The molecule has 0 bridgehead atoms. The number of benzene rings is 4. The highest BCUT2D eigenvalue weighted by Crippen LogP contribution is 2.30. The number of carboxylic acids is 1. The highest BCUT2D eigenvalue weighted by atomic mass is 16.5. The minimum atomic E-state index is -0.969. The zero-order valence-electron chi connectivity index (χ0n) is 24.4. The van der Waals surface area contributed by atoms with Gasteiger partial charge in [-0.05, 0) is 71.8 Å². The summed E-state index contributed by atoms with van der Waals surface area (Å²) in [6.45, 7) is 4.05. The fourth-order valence-corrected chi connectivity index (χ4v) is 5.59. The molecular weight excluding hydrogens is 540 g/mol. The quantitative estimate of drug-likeness (QED) is 0.233. The van der Waals surface area contributed by atoms with Crippen LogP contribution in [0.1, 0.15) is 50.8 Å². The molecule has 0 saturated carbocycles. The van der Waals surface area contributed by atoms with E-state index < -0.39 is 5.97 Å². The van der Waals surface area contributed by atoms with Gasteiger partial charge >= 0.3 is 5.97 Å². The lowest BCUT2D eigenvalue weighted by molar-refractivity contribution is -0.137. The number of carboxylic acid groups (broad SMARTS) is 1. The SMILES string of the molecule is CCOc1cccc(CCN(CCC(=O)O)C(=O)c2ccccc2-c2ccccc2C(=O)N2CCc3ccccc3C2)c1. The molecule has 4 aromatic rings. The van der Waals surface area contributed by atoms with Gasteiger partial charge in [-0.3, -0.25) is 14.4 Å². The number of nitrogens with zero attached hydrogens (tertiary/aromatic N) is 2. The number of hydrogen-bond acceptors (Lipinski definition) is 4. The van der Waals surface area contributed by atoms with Gasteiger partial charge in [0.1, 0.15) is 5.75 Å². The number of hydrogen-bond donors (Lipinski definition) is 1. The smallest absolute Gasteiger partial charge is 0.305 e. The summed E-state index contributed by atoms with van der Waals surface area (Å²) in [7, 11) is 0. The van der Waals surface area contributed by atoms with Gasteiger partial charge in [-0.2, -0.15) is 0 Å². The van der Waals surface area contributed by atoms with E-state index in [1.807, 2.05) is 84.6 Å². The molecule has 0 spiro atoms. The van der Waals surface area contributed by atoms with Crippen molar-refractivity contribution in [1.82, 2.24) is 9.80 Å². The summed E-state index contributed by atoms with van der Waals surface area (Å²) in [5.41, 5.74) is 5.70. The maximum absolute atomic E-state index is 14.1. The Hall–Kier alpha value is -4.91. The second-order valence-corrected chi connectivity index (χ2v) is 10.6. The van der Waals surface area contributed by atoms with Crippen LogP contribution < -0.4 is 4.74 Å². The minimum Gasteiger partial charge on any atom is -0.494 e. The predicted octanol–water partition coefficient (Wildman–Crippen LogP) is 6.11. The van der Waals surface area contributed by atoms with Crippen LogP contribution in [0.4, 0.5) is 0 Å². The van der Waals surface area contributed by atoms with E-state index in [0.717, 1.165) is 23.3 Å². The highest BCUT2D eigenvalue weighted by Gasteiger charge is 2.26. The molecule has 0 fully saturated rings. The summed E-state index contributed by atoms with van der Waals surface area (Å²) in [6, 6.07) is 30.5. The molecule has 220 valence electrons. The number of rotatable bonds is 11. The van der Waals surface area contributed by atoms with Crippen LogP contribution in [0.3, 0.4) is 0 Å². The lowest BCUT2D eigenvalue weighted by Crippen LogP contribution is -2.36. The fourth-order valence-electron chi connectivity index (χ4n) is 5.59. The van der Waals surface area contributed by atoms with E-state index in [2.05, 4.69) is 12.1 Å². The van der Waals surface area contributed by atoms with Crippen LogP contribution in [-0.4, -0.2) is 58.9 Å². The Morgan fingerprint density at radius 3 is 2.23 bits per heavy atom. The molecule has 0 saturated heterocycles. The van der Waals surface area contributed by atoms with E-state index in [4.69, 9.17) is 4.74 Å². The zero-order valence-corrected chi connectivity index (χ0v) is 24.4. The van der Waals surface area contributed by atoms with Gasteiger partial charge in [0.15, 0.2) is 0 Å². The number of amides is 2. The van der Waals surface area contributed by atoms with Crippen molar-refractivity contribution < 1.29 is 24.2 Å². The van der Waals surface area contributed by atoms with E-state index in [1.165, 1.54) is 5.56 Å². The lowest BCUT2D eigenvalue weighted by Gasteiger charge is -2.30. The van der Waals surface area contributed by atoms with Gasteiger partial charge in [-0.25, -0.2) is 0 Å². The summed E-state index contributed by atoms with van der Waals surface area (Å²) in [4.78, 5) is 42.9. The van der Waals surface area contributed by atoms with Crippen molar-refractivity contribution in [1.29, 1.82) is 0 Å². The number of fused-ring (bicyclic) bond motifs is 1. The molecule has 1 heterocycles. The molecule has 0 unspecified atom stereocenters. The first-order chi connectivity index (χ1) is 20.9. The first-order valence-corrected chi connectivity index (χ1v) is 14.7. The van der Waals surface area contributed by atoms with Crippen LogP contribution in [0.2, 0.25) is 0 Å². The van der Waals surface area contributed by atoms with Gasteiger partial charge in [0, 0.05) is 37.3 Å². The molecule has 5 rings (SSSR count). The van der Waals surface area contributed by atoms with Crippen LogP contribution in [0.15, 0.2) is 97.1 Å². The average molecular weight is 577 g/mol. The molecule has 0 aliphatic carbocycles. The molecule has 2 amide bonds. The Kier molecular flexibility index (Phi) is 9.52. The lowest BCUT2D eigenvalue weighted by atomic mass is 9.93. The molecule has 1 N–H and O–H groups in total. The summed E-state index contributed by atoms with van der Waals surface area (Å²) in [6.07, 6.45) is 1.17. The summed E-state index contributed by atoms with van der Waals surface area (Å²) >= 11 is 0. The maximum Gasteiger partial charge on any atom is 0.305 e. The zero-order chi connectivity index (χ0) is 30.2. The predicted molar refractivity (Wildman–Crippen MR) is 166 cm³/mol. The Morgan fingerprint density at radius 2 is 1.49 bits per heavy atom. The average Bonchev–Trinajstić information content (AvgIpc) is 3.04. The van der Waals surface area contributed by atoms with E-state index in [-0.39, 0.29) is 24.8 Å². The van der Waals surface area contributed by atoms with E-state index in [9.17, 15) is 19.5 Å². The van der Waals surface area contributed by atoms with Crippen molar-refractivity contribution in [2.24, 2.45) is 0 Å². The third-order valence-electron chi connectivity index (χ3n) is 7.79. The van der Waals surface area contributed by atoms with Crippen molar-refractivity contribution >= 4 is 17.8 Å². The fraction of sp³-hybridized carbons (Fsp3) is 0.250. The molecule has 0 aromatic heterocycles. The first kappa shape index (κ1) is 29.6. The number of carbonyl (C=O) groups excluding carboxylic acids is 2. The number of aliphatic carboxylic acids is 1.